The number of nitrogens with zero attached hydrogens (tertiary/aromatic N) is 1. The fourth-order valence-electron chi connectivity index (χ4n) is 3.16. The summed E-state index contributed by atoms with van der Waals surface area (Å²) in [5.41, 5.74) is 5.06. The Bertz CT molecular complexity index is 997. The van der Waals surface area contributed by atoms with Crippen LogP contribution in [0, 0.1) is 0 Å². The van der Waals surface area contributed by atoms with Crippen molar-refractivity contribution in [2.75, 3.05) is 19.0 Å². The van der Waals surface area contributed by atoms with E-state index in [1.165, 1.54) is 0 Å². The van der Waals surface area contributed by atoms with E-state index in [1.807, 2.05) is 37.3 Å². The maximum atomic E-state index is 11.5. The molecule has 0 bridgehead atoms. The molecule has 1 amide bonds. The van der Waals surface area contributed by atoms with E-state index in [0.29, 0.717) is 18.8 Å². The number of aromatic nitrogens is 1. The lowest BCUT2D eigenvalue weighted by Gasteiger charge is -2.17. The van der Waals surface area contributed by atoms with Crippen molar-refractivity contribution in [1.29, 1.82) is 0 Å². The molecule has 138 valence electrons. The second-order valence-corrected chi connectivity index (χ2v) is 7.11. The monoisotopic (exact) mass is 380 g/mol. The van der Waals surface area contributed by atoms with Gasteiger partial charge in [0, 0.05) is 28.6 Å². The van der Waals surface area contributed by atoms with E-state index in [1.54, 1.807) is 18.4 Å². The van der Waals surface area contributed by atoms with Gasteiger partial charge in [0.25, 0.3) is 0 Å². The van der Waals surface area contributed by atoms with Gasteiger partial charge in [0.15, 0.2) is 11.5 Å². The Balaban J connectivity index is 1.64. The summed E-state index contributed by atoms with van der Waals surface area (Å²) in [5.74, 6) is 1.52. The topological polar surface area (TPSA) is 60.5 Å². The van der Waals surface area contributed by atoms with Gasteiger partial charge in [0.2, 0.25) is 5.91 Å². The summed E-state index contributed by atoms with van der Waals surface area (Å²) in [4.78, 5) is 16.3. The van der Waals surface area contributed by atoms with Gasteiger partial charge in [-0.2, -0.15) is 0 Å². The van der Waals surface area contributed by atoms with Crippen LogP contribution in [-0.4, -0.2) is 24.6 Å². The summed E-state index contributed by atoms with van der Waals surface area (Å²) >= 11 is 1.60. The van der Waals surface area contributed by atoms with Crippen molar-refractivity contribution >= 4 is 22.9 Å². The lowest BCUT2D eigenvalue weighted by Crippen LogP contribution is -2.18. The van der Waals surface area contributed by atoms with Gasteiger partial charge in [0.05, 0.1) is 19.4 Å². The van der Waals surface area contributed by atoms with Crippen LogP contribution in [0.2, 0.25) is 0 Å². The molecule has 0 radical (unpaired) electrons. The molecule has 0 saturated heterocycles. The summed E-state index contributed by atoms with van der Waals surface area (Å²) in [6.07, 6.45) is 1.30. The first-order valence-electron chi connectivity index (χ1n) is 8.88. The predicted octanol–water partition coefficient (Wildman–Crippen LogP) is 4.77. The number of carbonyl (C=O) groups is 1. The van der Waals surface area contributed by atoms with Gasteiger partial charge in [0.1, 0.15) is 5.01 Å². The Morgan fingerprint density at radius 1 is 1.11 bits per heavy atom. The third-order valence-corrected chi connectivity index (χ3v) is 5.40. The van der Waals surface area contributed by atoms with Crippen LogP contribution in [0.1, 0.15) is 18.9 Å². The minimum absolute atomic E-state index is 0.0794. The minimum atomic E-state index is 0.0794. The molecular formula is C21H20N2O3S. The second-order valence-electron chi connectivity index (χ2n) is 6.26. The number of rotatable bonds is 5. The molecular weight excluding hydrogens is 360 g/mol. The molecule has 27 heavy (non-hydrogen) atoms. The molecule has 2 heterocycles. The van der Waals surface area contributed by atoms with Gasteiger partial charge in [-0.1, -0.05) is 6.07 Å². The Morgan fingerprint density at radius 3 is 2.78 bits per heavy atom. The number of aryl methyl sites for hydroxylation is 1. The molecule has 1 aromatic heterocycles. The molecule has 4 rings (SSSR count). The Hall–Kier alpha value is -2.86. The van der Waals surface area contributed by atoms with Gasteiger partial charge < -0.3 is 14.8 Å². The van der Waals surface area contributed by atoms with Gasteiger partial charge in [-0.05, 0) is 49.2 Å². The molecule has 3 aromatic rings. The standard InChI is InChI=1S/C21H20N2O3S/c1-3-26-19-11-15(5-8-18(19)25-2)21-23-17(12-27-21)14-4-7-16-13(10-14)6-9-20(24)22-16/h4-5,7-8,10-12H,3,6,9H2,1-2H3,(H,22,24). The van der Waals surface area contributed by atoms with Crippen LogP contribution in [0.3, 0.4) is 0 Å². The molecule has 0 fully saturated rings. The molecule has 6 heteroatoms. The number of hydrogen-bond donors (Lipinski definition) is 1. The summed E-state index contributed by atoms with van der Waals surface area (Å²) < 4.78 is 11.0. The van der Waals surface area contributed by atoms with Gasteiger partial charge in [-0.25, -0.2) is 4.98 Å². The lowest BCUT2D eigenvalue weighted by molar-refractivity contribution is -0.116. The first-order chi connectivity index (χ1) is 13.2. The van der Waals surface area contributed by atoms with E-state index in [-0.39, 0.29) is 5.91 Å². The molecule has 0 spiro atoms. The largest absolute Gasteiger partial charge is 0.493 e. The molecule has 5 nitrogen and oxygen atoms in total. The molecule has 0 atom stereocenters. The van der Waals surface area contributed by atoms with Crippen molar-refractivity contribution in [3.05, 3.63) is 47.3 Å². The van der Waals surface area contributed by atoms with Crippen LogP contribution >= 0.6 is 11.3 Å². The number of hydrogen-bond acceptors (Lipinski definition) is 5. The highest BCUT2D eigenvalue weighted by Crippen LogP contribution is 2.36. The summed E-state index contributed by atoms with van der Waals surface area (Å²) in [6.45, 7) is 2.53. The molecule has 1 N–H and O–H groups in total. The predicted molar refractivity (Wildman–Crippen MR) is 108 cm³/mol. The minimum Gasteiger partial charge on any atom is -0.493 e. The number of amides is 1. The third kappa shape index (κ3) is 3.53. The van der Waals surface area contributed by atoms with Crippen LogP contribution < -0.4 is 14.8 Å². The number of benzene rings is 2. The zero-order chi connectivity index (χ0) is 18.8. The van der Waals surface area contributed by atoms with Crippen molar-refractivity contribution in [2.45, 2.75) is 19.8 Å². The van der Waals surface area contributed by atoms with Crippen molar-refractivity contribution in [3.63, 3.8) is 0 Å². The highest BCUT2D eigenvalue weighted by Gasteiger charge is 2.16. The Morgan fingerprint density at radius 2 is 1.96 bits per heavy atom. The van der Waals surface area contributed by atoms with Crippen molar-refractivity contribution in [3.8, 4) is 33.3 Å². The van der Waals surface area contributed by atoms with Crippen molar-refractivity contribution in [2.24, 2.45) is 0 Å². The lowest BCUT2D eigenvalue weighted by atomic mass is 9.99. The number of thiazole rings is 1. The molecule has 1 aliphatic heterocycles. The van der Waals surface area contributed by atoms with E-state index in [2.05, 4.69) is 16.8 Å². The first kappa shape index (κ1) is 17.5. The number of fused-ring (bicyclic) bond motifs is 1. The maximum absolute atomic E-state index is 11.5. The summed E-state index contributed by atoms with van der Waals surface area (Å²) in [7, 11) is 1.64. The Labute approximate surface area is 162 Å². The quantitative estimate of drug-likeness (QED) is 0.693. The molecule has 0 aliphatic carbocycles. The third-order valence-electron chi connectivity index (χ3n) is 4.51. The van der Waals surface area contributed by atoms with Crippen LogP contribution in [0.25, 0.3) is 21.8 Å². The van der Waals surface area contributed by atoms with Crippen molar-refractivity contribution < 1.29 is 14.3 Å². The average Bonchev–Trinajstić information content (AvgIpc) is 3.18. The molecule has 0 unspecified atom stereocenters. The highest BCUT2D eigenvalue weighted by atomic mass is 32.1. The van der Waals surface area contributed by atoms with Crippen LogP contribution in [0.15, 0.2) is 41.8 Å². The number of ether oxygens (including phenoxy) is 2. The van der Waals surface area contributed by atoms with Crippen LogP contribution in [0.5, 0.6) is 11.5 Å². The maximum Gasteiger partial charge on any atom is 0.224 e. The van der Waals surface area contributed by atoms with E-state index < -0.39 is 0 Å². The number of carbonyl (C=O) groups excluding carboxylic acids is 1. The van der Waals surface area contributed by atoms with Gasteiger partial charge in [-0.3, -0.25) is 4.79 Å². The molecule has 0 saturated carbocycles. The summed E-state index contributed by atoms with van der Waals surface area (Å²) in [5, 5.41) is 5.90. The fourth-order valence-corrected chi connectivity index (χ4v) is 3.99. The molecule has 1 aliphatic rings. The Kier molecular flexibility index (Phi) is 4.81. The zero-order valence-electron chi connectivity index (χ0n) is 15.2. The summed E-state index contributed by atoms with van der Waals surface area (Å²) in [6, 6.07) is 11.9. The van der Waals surface area contributed by atoms with Crippen LogP contribution in [0.4, 0.5) is 5.69 Å². The SMILES string of the molecule is CCOc1cc(-c2nc(-c3ccc4c(c3)CCC(=O)N4)cs2)ccc1OC. The smallest absolute Gasteiger partial charge is 0.224 e. The van der Waals surface area contributed by atoms with E-state index in [0.717, 1.165) is 45.2 Å². The van der Waals surface area contributed by atoms with E-state index in [4.69, 9.17) is 14.5 Å². The normalized spacial score (nSPS) is 13.0. The number of anilines is 1. The fraction of sp³-hybridized carbons (Fsp3) is 0.238. The van der Waals surface area contributed by atoms with Crippen LogP contribution in [-0.2, 0) is 11.2 Å². The van der Waals surface area contributed by atoms with E-state index in [9.17, 15) is 4.79 Å². The molecule has 2 aromatic carbocycles. The number of methoxy groups -OCH3 is 1. The first-order valence-corrected chi connectivity index (χ1v) is 9.75. The highest BCUT2D eigenvalue weighted by molar-refractivity contribution is 7.13. The zero-order valence-corrected chi connectivity index (χ0v) is 16.1. The average molecular weight is 380 g/mol. The van der Waals surface area contributed by atoms with Gasteiger partial charge >= 0.3 is 0 Å². The van der Waals surface area contributed by atoms with Crippen molar-refractivity contribution in [1.82, 2.24) is 4.98 Å². The second kappa shape index (κ2) is 7.40. The number of nitrogens with one attached hydrogen (secondary N) is 1. The van der Waals surface area contributed by atoms with E-state index >= 15 is 0 Å². The van der Waals surface area contributed by atoms with Gasteiger partial charge in [-0.15, -0.1) is 11.3 Å².